The summed E-state index contributed by atoms with van der Waals surface area (Å²) in [5.74, 6) is 2.08. The van der Waals surface area contributed by atoms with E-state index >= 15 is 0 Å². The normalized spacial score (nSPS) is 10.8. The minimum absolute atomic E-state index is 0.469. The molecule has 0 atom stereocenters. The summed E-state index contributed by atoms with van der Waals surface area (Å²) >= 11 is 0. The van der Waals surface area contributed by atoms with Gasteiger partial charge in [0.2, 0.25) is 5.88 Å². The highest BCUT2D eigenvalue weighted by Gasteiger charge is 2.18. The number of fused-ring (bicyclic) bond motifs is 1. The lowest BCUT2D eigenvalue weighted by atomic mass is 10.2. The van der Waals surface area contributed by atoms with Gasteiger partial charge >= 0.3 is 0 Å². The Bertz CT molecular complexity index is 1030. The lowest BCUT2D eigenvalue weighted by Gasteiger charge is -2.09. The molecule has 0 radical (unpaired) electrons. The number of methoxy groups -OCH3 is 2. The van der Waals surface area contributed by atoms with Crippen LogP contribution in [0.15, 0.2) is 60.9 Å². The molecule has 0 amide bonds. The average molecular weight is 346 g/mol. The van der Waals surface area contributed by atoms with Crippen molar-refractivity contribution in [3.63, 3.8) is 0 Å². The number of benzene rings is 2. The van der Waals surface area contributed by atoms with Gasteiger partial charge in [-0.15, -0.1) is 0 Å². The Morgan fingerprint density at radius 3 is 2.35 bits per heavy atom. The van der Waals surface area contributed by atoms with Crippen LogP contribution >= 0.6 is 0 Å². The summed E-state index contributed by atoms with van der Waals surface area (Å²) in [5, 5.41) is 0. The number of imidazole rings is 1. The van der Waals surface area contributed by atoms with Crippen molar-refractivity contribution < 1.29 is 9.47 Å². The van der Waals surface area contributed by atoms with Gasteiger partial charge in [-0.05, 0) is 29.8 Å². The molecule has 0 aliphatic carbocycles. The minimum Gasteiger partial charge on any atom is -0.497 e. The van der Waals surface area contributed by atoms with E-state index in [0.29, 0.717) is 17.9 Å². The zero-order valence-corrected chi connectivity index (χ0v) is 14.6. The summed E-state index contributed by atoms with van der Waals surface area (Å²) in [5.41, 5.74) is 3.53. The molecule has 0 N–H and O–H groups in total. The molecule has 0 fully saturated rings. The van der Waals surface area contributed by atoms with Crippen LogP contribution in [0.4, 0.5) is 0 Å². The molecule has 2 aromatic heterocycles. The van der Waals surface area contributed by atoms with Gasteiger partial charge in [-0.3, -0.25) is 0 Å². The molecule has 2 aromatic carbocycles. The van der Waals surface area contributed by atoms with Crippen molar-refractivity contribution >= 4 is 11.2 Å². The highest BCUT2D eigenvalue weighted by Crippen LogP contribution is 2.29. The van der Waals surface area contributed by atoms with Crippen LogP contribution in [-0.4, -0.2) is 33.7 Å². The molecule has 26 heavy (non-hydrogen) atoms. The average Bonchev–Trinajstić information content (AvgIpc) is 3.07. The van der Waals surface area contributed by atoms with Crippen molar-refractivity contribution in [3.8, 4) is 23.0 Å². The van der Waals surface area contributed by atoms with Crippen molar-refractivity contribution in [2.24, 2.45) is 0 Å². The van der Waals surface area contributed by atoms with E-state index in [0.717, 1.165) is 22.8 Å². The highest BCUT2D eigenvalue weighted by molar-refractivity contribution is 5.81. The molecule has 0 saturated carbocycles. The van der Waals surface area contributed by atoms with E-state index in [4.69, 9.17) is 14.5 Å². The molecule has 4 rings (SSSR count). The smallest absolute Gasteiger partial charge is 0.245 e. The van der Waals surface area contributed by atoms with Crippen molar-refractivity contribution in [1.29, 1.82) is 0 Å². The summed E-state index contributed by atoms with van der Waals surface area (Å²) in [6.07, 6.45) is 1.50. The van der Waals surface area contributed by atoms with Gasteiger partial charge in [0.05, 0.1) is 20.8 Å². The molecule has 6 heteroatoms. The van der Waals surface area contributed by atoms with Crippen LogP contribution in [0.2, 0.25) is 0 Å². The maximum Gasteiger partial charge on any atom is 0.245 e. The first-order valence-electron chi connectivity index (χ1n) is 8.23. The van der Waals surface area contributed by atoms with Gasteiger partial charge in [-0.25, -0.2) is 9.97 Å². The Morgan fingerprint density at radius 1 is 0.885 bits per heavy atom. The van der Waals surface area contributed by atoms with Gasteiger partial charge in [-0.2, -0.15) is 4.98 Å². The van der Waals surface area contributed by atoms with Crippen LogP contribution in [0, 0.1) is 0 Å². The Labute approximate surface area is 151 Å². The molecule has 2 heterocycles. The van der Waals surface area contributed by atoms with E-state index in [1.807, 2.05) is 42.5 Å². The van der Waals surface area contributed by atoms with Crippen molar-refractivity contribution in [2.75, 3.05) is 14.2 Å². The van der Waals surface area contributed by atoms with Crippen LogP contribution in [0.25, 0.3) is 22.6 Å². The van der Waals surface area contributed by atoms with Crippen molar-refractivity contribution in [2.45, 2.75) is 6.54 Å². The monoisotopic (exact) mass is 346 g/mol. The Morgan fingerprint density at radius 2 is 1.65 bits per heavy atom. The maximum atomic E-state index is 5.37. The molecule has 0 aliphatic heterocycles. The van der Waals surface area contributed by atoms with E-state index in [1.54, 1.807) is 14.2 Å². The summed E-state index contributed by atoms with van der Waals surface area (Å²) in [6, 6.07) is 18.0. The van der Waals surface area contributed by atoms with Gasteiger partial charge in [0.1, 0.15) is 17.9 Å². The summed E-state index contributed by atoms with van der Waals surface area (Å²) in [4.78, 5) is 13.4. The molecule has 0 unspecified atom stereocenters. The maximum absolute atomic E-state index is 5.37. The van der Waals surface area contributed by atoms with Crippen LogP contribution in [0.3, 0.4) is 0 Å². The SMILES string of the molecule is COc1ccc(-c2nc3c(OC)ncnc3n2Cc2ccccc2)cc1. The number of hydrogen-bond donors (Lipinski definition) is 0. The fourth-order valence-corrected chi connectivity index (χ4v) is 2.94. The van der Waals surface area contributed by atoms with Crippen molar-refractivity contribution in [1.82, 2.24) is 19.5 Å². The molecular weight excluding hydrogens is 328 g/mol. The highest BCUT2D eigenvalue weighted by atomic mass is 16.5. The van der Waals surface area contributed by atoms with E-state index in [-0.39, 0.29) is 0 Å². The van der Waals surface area contributed by atoms with Gasteiger partial charge in [0.25, 0.3) is 0 Å². The zero-order chi connectivity index (χ0) is 17.9. The predicted octanol–water partition coefficient (Wildman–Crippen LogP) is 3.56. The number of hydrogen-bond acceptors (Lipinski definition) is 5. The second kappa shape index (κ2) is 6.84. The van der Waals surface area contributed by atoms with E-state index in [9.17, 15) is 0 Å². The van der Waals surface area contributed by atoms with E-state index in [2.05, 4.69) is 26.7 Å². The molecule has 130 valence electrons. The predicted molar refractivity (Wildman–Crippen MR) is 99.4 cm³/mol. The largest absolute Gasteiger partial charge is 0.497 e. The standard InChI is InChI=1S/C20H18N4O2/c1-25-16-10-8-15(9-11-16)18-23-17-19(21-13-22-20(17)26-2)24(18)12-14-6-4-3-5-7-14/h3-11,13H,12H2,1-2H3. The van der Waals surface area contributed by atoms with Crippen molar-refractivity contribution in [3.05, 3.63) is 66.5 Å². The molecule has 0 aliphatic rings. The fourth-order valence-electron chi connectivity index (χ4n) is 2.94. The zero-order valence-electron chi connectivity index (χ0n) is 14.6. The topological polar surface area (TPSA) is 62.1 Å². The third kappa shape index (κ3) is 2.86. The Kier molecular flexibility index (Phi) is 4.23. The third-order valence-electron chi connectivity index (χ3n) is 4.22. The molecule has 0 spiro atoms. The number of nitrogens with zero attached hydrogens (tertiary/aromatic N) is 4. The van der Waals surface area contributed by atoms with E-state index < -0.39 is 0 Å². The molecule has 0 saturated heterocycles. The molecule has 0 bridgehead atoms. The molecule has 4 aromatic rings. The first-order valence-corrected chi connectivity index (χ1v) is 8.23. The summed E-state index contributed by atoms with van der Waals surface area (Å²) < 4.78 is 12.7. The van der Waals surface area contributed by atoms with E-state index in [1.165, 1.54) is 11.9 Å². The van der Waals surface area contributed by atoms with Gasteiger partial charge < -0.3 is 14.0 Å². The number of aromatic nitrogens is 4. The summed E-state index contributed by atoms with van der Waals surface area (Å²) in [6.45, 7) is 0.652. The van der Waals surface area contributed by atoms with Gasteiger partial charge in [0, 0.05) is 5.56 Å². The summed E-state index contributed by atoms with van der Waals surface area (Å²) in [7, 11) is 3.24. The van der Waals surface area contributed by atoms with Crippen LogP contribution in [-0.2, 0) is 6.54 Å². The second-order valence-electron chi connectivity index (χ2n) is 5.79. The Hall–Kier alpha value is -3.41. The second-order valence-corrected chi connectivity index (χ2v) is 5.79. The fraction of sp³-hybridized carbons (Fsp3) is 0.150. The lowest BCUT2D eigenvalue weighted by Crippen LogP contribution is -2.03. The van der Waals surface area contributed by atoms with Crippen LogP contribution in [0.1, 0.15) is 5.56 Å². The van der Waals surface area contributed by atoms with Gasteiger partial charge in [0.15, 0.2) is 11.2 Å². The minimum atomic E-state index is 0.469. The Balaban J connectivity index is 1.90. The third-order valence-corrected chi connectivity index (χ3v) is 4.22. The molecular formula is C20H18N4O2. The number of rotatable bonds is 5. The number of ether oxygens (including phenoxy) is 2. The first-order chi connectivity index (χ1) is 12.8. The van der Waals surface area contributed by atoms with Crippen LogP contribution < -0.4 is 9.47 Å². The first kappa shape index (κ1) is 16.1. The van der Waals surface area contributed by atoms with Crippen LogP contribution in [0.5, 0.6) is 11.6 Å². The quantitative estimate of drug-likeness (QED) is 0.553. The lowest BCUT2D eigenvalue weighted by molar-refractivity contribution is 0.401. The molecule has 6 nitrogen and oxygen atoms in total. The van der Waals surface area contributed by atoms with Gasteiger partial charge in [-0.1, -0.05) is 30.3 Å².